The molecule has 0 spiro atoms. The number of rotatable bonds is 3. The molecule has 0 N–H and O–H groups in total. The van der Waals surface area contributed by atoms with Crippen molar-refractivity contribution in [1.82, 2.24) is 0 Å². The Hall–Kier alpha value is 0. The van der Waals surface area contributed by atoms with Gasteiger partial charge in [-0.05, 0) is 105 Å². The predicted molar refractivity (Wildman–Crippen MR) is 118 cm³/mol. The van der Waals surface area contributed by atoms with Crippen molar-refractivity contribution in [2.24, 2.45) is 53.3 Å². The van der Waals surface area contributed by atoms with Gasteiger partial charge < -0.3 is 0 Å². The molecule has 0 amide bonds. The molecule has 0 aliphatic heterocycles. The fourth-order valence-corrected chi connectivity index (χ4v) is 8.38. The van der Waals surface area contributed by atoms with Gasteiger partial charge in [0.05, 0.1) is 0 Å². The topological polar surface area (TPSA) is 0 Å². The van der Waals surface area contributed by atoms with Crippen LogP contribution in [-0.4, -0.2) is 0 Å². The summed E-state index contributed by atoms with van der Waals surface area (Å²) in [6, 6.07) is 0. The Balaban J connectivity index is 1.28. The number of hydrogen-bond donors (Lipinski definition) is 0. The highest BCUT2D eigenvalue weighted by Gasteiger charge is 2.42. The predicted octanol–water partition coefficient (Wildman–Crippen LogP) is 8.50. The minimum absolute atomic E-state index is 0.984. The molecule has 0 saturated heterocycles. The zero-order chi connectivity index (χ0) is 18.8. The highest BCUT2D eigenvalue weighted by molar-refractivity contribution is 4.92. The molecule has 4 unspecified atom stereocenters. The first-order valence-corrected chi connectivity index (χ1v) is 13.1. The van der Waals surface area contributed by atoms with Crippen LogP contribution in [0.2, 0.25) is 0 Å². The van der Waals surface area contributed by atoms with Crippen LogP contribution < -0.4 is 0 Å². The van der Waals surface area contributed by atoms with Gasteiger partial charge in [-0.1, -0.05) is 65.7 Å². The van der Waals surface area contributed by atoms with E-state index < -0.39 is 0 Å². The van der Waals surface area contributed by atoms with Crippen molar-refractivity contribution in [3.63, 3.8) is 0 Å². The molecule has 27 heavy (non-hydrogen) atoms. The van der Waals surface area contributed by atoms with Crippen molar-refractivity contribution >= 4 is 0 Å². The van der Waals surface area contributed by atoms with Gasteiger partial charge in [0.25, 0.3) is 0 Å². The van der Waals surface area contributed by atoms with Crippen LogP contribution in [0.5, 0.6) is 0 Å². The first-order valence-electron chi connectivity index (χ1n) is 13.1. The lowest BCUT2D eigenvalue weighted by Gasteiger charge is -2.49. The van der Waals surface area contributed by atoms with E-state index in [2.05, 4.69) is 20.8 Å². The van der Waals surface area contributed by atoms with Gasteiger partial charge in [0.2, 0.25) is 0 Å². The fourth-order valence-electron chi connectivity index (χ4n) is 8.38. The SMILES string of the molecule is CC1CCC(C2CCC(C3CCC(C4CCCCC4)CC3)C(C)C2C)CC1. The van der Waals surface area contributed by atoms with Crippen molar-refractivity contribution in [2.75, 3.05) is 0 Å². The summed E-state index contributed by atoms with van der Waals surface area (Å²) in [5, 5.41) is 0. The summed E-state index contributed by atoms with van der Waals surface area (Å²) >= 11 is 0. The fraction of sp³-hybridized carbons (Fsp3) is 1.00. The van der Waals surface area contributed by atoms with E-state index in [-0.39, 0.29) is 0 Å². The highest BCUT2D eigenvalue weighted by atomic mass is 14.5. The Kier molecular flexibility index (Phi) is 6.92. The summed E-state index contributed by atoms with van der Waals surface area (Å²) in [6.45, 7) is 7.77. The first-order chi connectivity index (χ1) is 13.1. The lowest BCUT2D eigenvalue weighted by molar-refractivity contribution is 0.0124. The first kappa shape index (κ1) is 20.3. The van der Waals surface area contributed by atoms with Gasteiger partial charge in [0.1, 0.15) is 0 Å². The molecule has 0 aromatic carbocycles. The molecule has 4 aliphatic carbocycles. The van der Waals surface area contributed by atoms with Crippen molar-refractivity contribution in [1.29, 1.82) is 0 Å². The second-order valence-electron chi connectivity index (χ2n) is 11.7. The lowest BCUT2D eigenvalue weighted by Crippen LogP contribution is -2.40. The van der Waals surface area contributed by atoms with Gasteiger partial charge in [-0.3, -0.25) is 0 Å². The zero-order valence-corrected chi connectivity index (χ0v) is 18.8. The minimum atomic E-state index is 0.984. The van der Waals surface area contributed by atoms with Crippen LogP contribution >= 0.6 is 0 Å². The van der Waals surface area contributed by atoms with Gasteiger partial charge in [-0.25, -0.2) is 0 Å². The summed E-state index contributed by atoms with van der Waals surface area (Å²) in [5.74, 6) is 9.46. The maximum Gasteiger partial charge on any atom is -0.0357 e. The van der Waals surface area contributed by atoms with E-state index in [1.165, 1.54) is 32.1 Å². The molecule has 4 saturated carbocycles. The van der Waals surface area contributed by atoms with Crippen molar-refractivity contribution in [3.8, 4) is 0 Å². The molecule has 0 aromatic rings. The van der Waals surface area contributed by atoms with Crippen molar-refractivity contribution in [2.45, 2.75) is 117 Å². The van der Waals surface area contributed by atoms with Crippen LogP contribution in [-0.2, 0) is 0 Å². The molecular formula is C27H48. The van der Waals surface area contributed by atoms with E-state index in [9.17, 15) is 0 Å². The van der Waals surface area contributed by atoms with Gasteiger partial charge in [0.15, 0.2) is 0 Å². The van der Waals surface area contributed by atoms with E-state index in [0.29, 0.717) is 0 Å². The lowest BCUT2D eigenvalue weighted by atomic mass is 9.57. The number of hydrogen-bond acceptors (Lipinski definition) is 0. The summed E-state index contributed by atoms with van der Waals surface area (Å²) in [6.07, 6.45) is 23.3. The molecule has 0 bridgehead atoms. The minimum Gasteiger partial charge on any atom is -0.0625 e. The van der Waals surface area contributed by atoms with Gasteiger partial charge in [-0.2, -0.15) is 0 Å². The largest absolute Gasteiger partial charge is 0.0625 e. The molecule has 156 valence electrons. The molecule has 4 fully saturated rings. The highest BCUT2D eigenvalue weighted by Crippen LogP contribution is 2.51. The summed E-state index contributed by atoms with van der Waals surface area (Å²) < 4.78 is 0. The van der Waals surface area contributed by atoms with Gasteiger partial charge in [-0.15, -0.1) is 0 Å². The van der Waals surface area contributed by atoms with E-state index in [4.69, 9.17) is 0 Å². The molecule has 0 aromatic heterocycles. The summed E-state index contributed by atoms with van der Waals surface area (Å²) in [7, 11) is 0. The van der Waals surface area contributed by atoms with Crippen molar-refractivity contribution < 1.29 is 0 Å². The molecule has 4 rings (SSSR count). The van der Waals surface area contributed by atoms with E-state index in [1.807, 2.05) is 0 Å². The van der Waals surface area contributed by atoms with Gasteiger partial charge in [0, 0.05) is 0 Å². The van der Waals surface area contributed by atoms with Crippen LogP contribution in [0.25, 0.3) is 0 Å². The smallest absolute Gasteiger partial charge is 0.0357 e. The Morgan fingerprint density at radius 3 is 1.30 bits per heavy atom. The van der Waals surface area contributed by atoms with Gasteiger partial charge >= 0.3 is 0 Å². The average molecular weight is 373 g/mol. The molecule has 0 heterocycles. The quantitative estimate of drug-likeness (QED) is 0.466. The molecule has 0 radical (unpaired) electrons. The summed E-state index contributed by atoms with van der Waals surface area (Å²) in [4.78, 5) is 0. The molecule has 4 aliphatic rings. The molecule has 4 atom stereocenters. The molecule has 0 nitrogen and oxygen atoms in total. The third kappa shape index (κ3) is 4.61. The third-order valence-corrected chi connectivity index (χ3v) is 10.4. The van der Waals surface area contributed by atoms with Crippen LogP contribution in [0.4, 0.5) is 0 Å². The van der Waals surface area contributed by atoms with Crippen LogP contribution in [0, 0.1) is 53.3 Å². The van der Waals surface area contributed by atoms with Crippen LogP contribution in [0.15, 0.2) is 0 Å². The van der Waals surface area contributed by atoms with Crippen LogP contribution in [0.1, 0.15) is 117 Å². The van der Waals surface area contributed by atoms with Crippen molar-refractivity contribution in [3.05, 3.63) is 0 Å². The molecule has 0 heteroatoms. The Morgan fingerprint density at radius 1 is 0.370 bits per heavy atom. The van der Waals surface area contributed by atoms with E-state index in [0.717, 1.165) is 53.3 Å². The second-order valence-corrected chi connectivity index (χ2v) is 11.7. The maximum atomic E-state index is 2.65. The second kappa shape index (κ2) is 9.21. The Labute approximate surface area is 170 Å². The van der Waals surface area contributed by atoms with E-state index in [1.54, 1.807) is 64.2 Å². The summed E-state index contributed by atoms with van der Waals surface area (Å²) in [5.41, 5.74) is 0. The Morgan fingerprint density at radius 2 is 0.778 bits per heavy atom. The van der Waals surface area contributed by atoms with Crippen LogP contribution in [0.3, 0.4) is 0 Å². The third-order valence-electron chi connectivity index (χ3n) is 10.4. The normalized spacial score (nSPS) is 47.7. The molecular weight excluding hydrogens is 324 g/mol. The monoisotopic (exact) mass is 372 g/mol. The average Bonchev–Trinajstić information content (AvgIpc) is 2.72. The maximum absolute atomic E-state index is 2.65. The Bertz CT molecular complexity index is 431. The zero-order valence-electron chi connectivity index (χ0n) is 18.8. The standard InChI is InChI=1S/C27H48/c1-19-9-11-24(12-10-19)26-17-18-27(21(3)20(26)2)25-15-13-23(14-16-25)22-7-5-4-6-8-22/h19-27H,4-18H2,1-3H3. The van der Waals surface area contributed by atoms with E-state index >= 15 is 0 Å².